The third kappa shape index (κ3) is 2.73. The molecule has 16 heavy (non-hydrogen) atoms. The number of nitrogens with one attached hydrogen (secondary N) is 1. The van der Waals surface area contributed by atoms with Crippen molar-refractivity contribution in [2.75, 3.05) is 5.73 Å². The summed E-state index contributed by atoms with van der Waals surface area (Å²) in [5.41, 5.74) is 7.40. The Balaban J connectivity index is 2.81. The van der Waals surface area contributed by atoms with Gasteiger partial charge in [-0.15, -0.1) is 0 Å². The van der Waals surface area contributed by atoms with Crippen LogP contribution in [0.5, 0.6) is 0 Å². The summed E-state index contributed by atoms with van der Waals surface area (Å²) in [5, 5.41) is 11.0. The van der Waals surface area contributed by atoms with Crippen molar-refractivity contribution in [3.8, 4) is 0 Å². The number of carbonyl (C=O) groups is 2. The van der Waals surface area contributed by atoms with Crippen molar-refractivity contribution in [1.29, 1.82) is 0 Å². The molecule has 0 bridgehead atoms. The monoisotopic (exact) mass is 222 g/mol. The third-order valence-corrected chi connectivity index (χ3v) is 2.26. The zero-order valence-electron chi connectivity index (χ0n) is 9.15. The summed E-state index contributed by atoms with van der Waals surface area (Å²) in [7, 11) is 0. The molecule has 0 unspecified atom stereocenters. The highest BCUT2D eigenvalue weighted by atomic mass is 16.4. The van der Waals surface area contributed by atoms with Gasteiger partial charge in [0.05, 0.1) is 0 Å². The van der Waals surface area contributed by atoms with Gasteiger partial charge >= 0.3 is 5.97 Å². The van der Waals surface area contributed by atoms with Gasteiger partial charge in [-0.05, 0) is 31.5 Å². The second-order valence-electron chi connectivity index (χ2n) is 3.60. The lowest BCUT2D eigenvalue weighted by molar-refractivity contribution is -0.138. The Morgan fingerprint density at radius 2 is 2.06 bits per heavy atom. The van der Waals surface area contributed by atoms with Crippen LogP contribution in [0.15, 0.2) is 18.2 Å². The molecule has 0 fully saturated rings. The van der Waals surface area contributed by atoms with Gasteiger partial charge in [-0.25, -0.2) is 0 Å². The molecular formula is C11H14N2O3. The molecule has 86 valence electrons. The summed E-state index contributed by atoms with van der Waals surface area (Å²) >= 11 is 0. The molecule has 4 N–H and O–H groups in total. The highest BCUT2D eigenvalue weighted by Gasteiger charge is 2.15. The average molecular weight is 222 g/mol. The highest BCUT2D eigenvalue weighted by molar-refractivity contribution is 5.97. The Morgan fingerprint density at radius 1 is 1.44 bits per heavy atom. The fourth-order valence-electron chi connectivity index (χ4n) is 1.12. The summed E-state index contributed by atoms with van der Waals surface area (Å²) in [6.45, 7) is 3.23. The number of nitrogen functional groups attached to an aromatic ring is 1. The Morgan fingerprint density at radius 3 is 2.56 bits per heavy atom. The molecule has 0 aliphatic carbocycles. The lowest BCUT2D eigenvalue weighted by atomic mass is 10.1. The van der Waals surface area contributed by atoms with Crippen molar-refractivity contribution in [2.45, 2.75) is 19.9 Å². The maximum absolute atomic E-state index is 11.6. The largest absolute Gasteiger partial charge is 0.480 e. The van der Waals surface area contributed by atoms with E-state index in [1.165, 1.54) is 13.0 Å². The SMILES string of the molecule is Cc1ccc(C(=O)N[C@H](C)C(=O)O)cc1N. The van der Waals surface area contributed by atoms with E-state index in [1.807, 2.05) is 6.92 Å². The van der Waals surface area contributed by atoms with Crippen molar-refractivity contribution in [3.63, 3.8) is 0 Å². The van der Waals surface area contributed by atoms with E-state index in [4.69, 9.17) is 10.8 Å². The first kappa shape index (κ1) is 12.0. The van der Waals surface area contributed by atoms with Crippen LogP contribution >= 0.6 is 0 Å². The first-order valence-electron chi connectivity index (χ1n) is 4.81. The molecular weight excluding hydrogens is 208 g/mol. The van der Waals surface area contributed by atoms with E-state index >= 15 is 0 Å². The van der Waals surface area contributed by atoms with Crippen LogP contribution < -0.4 is 11.1 Å². The van der Waals surface area contributed by atoms with E-state index in [0.717, 1.165) is 5.56 Å². The number of benzene rings is 1. The van der Waals surface area contributed by atoms with Crippen LogP contribution in [-0.4, -0.2) is 23.0 Å². The quantitative estimate of drug-likeness (QED) is 0.659. The van der Waals surface area contributed by atoms with Crippen molar-refractivity contribution >= 4 is 17.6 Å². The zero-order chi connectivity index (χ0) is 12.3. The molecule has 0 saturated heterocycles. The number of hydrogen-bond acceptors (Lipinski definition) is 3. The highest BCUT2D eigenvalue weighted by Crippen LogP contribution is 2.12. The number of aryl methyl sites for hydroxylation is 1. The molecule has 1 aromatic carbocycles. The maximum atomic E-state index is 11.6. The molecule has 0 saturated carbocycles. The molecule has 0 radical (unpaired) electrons. The molecule has 0 heterocycles. The second kappa shape index (κ2) is 4.65. The van der Waals surface area contributed by atoms with Crippen LogP contribution in [0.25, 0.3) is 0 Å². The Labute approximate surface area is 93.3 Å². The van der Waals surface area contributed by atoms with Gasteiger partial charge in [-0.2, -0.15) is 0 Å². The van der Waals surface area contributed by atoms with E-state index in [1.54, 1.807) is 12.1 Å². The molecule has 0 aromatic heterocycles. The predicted octanol–water partition coefficient (Wildman–Crippen LogP) is 0.780. The average Bonchev–Trinajstić information content (AvgIpc) is 2.21. The van der Waals surface area contributed by atoms with Gasteiger partial charge in [0.25, 0.3) is 5.91 Å². The predicted molar refractivity (Wildman–Crippen MR) is 60.2 cm³/mol. The van der Waals surface area contributed by atoms with E-state index in [-0.39, 0.29) is 0 Å². The van der Waals surface area contributed by atoms with Crippen LogP contribution in [0.3, 0.4) is 0 Å². The lowest BCUT2D eigenvalue weighted by Gasteiger charge is -2.10. The number of hydrogen-bond donors (Lipinski definition) is 3. The van der Waals surface area contributed by atoms with E-state index in [2.05, 4.69) is 5.32 Å². The number of aliphatic carboxylic acids is 1. The van der Waals surface area contributed by atoms with E-state index in [9.17, 15) is 9.59 Å². The van der Waals surface area contributed by atoms with Gasteiger partial charge in [-0.1, -0.05) is 6.07 Å². The number of carboxylic acids is 1. The smallest absolute Gasteiger partial charge is 0.325 e. The summed E-state index contributed by atoms with van der Waals surface area (Å²) in [6.07, 6.45) is 0. The second-order valence-corrected chi connectivity index (χ2v) is 3.60. The molecule has 0 aliphatic rings. The lowest BCUT2D eigenvalue weighted by Crippen LogP contribution is -2.38. The molecule has 0 aliphatic heterocycles. The minimum Gasteiger partial charge on any atom is -0.480 e. The van der Waals surface area contributed by atoms with Crippen LogP contribution in [0.1, 0.15) is 22.8 Å². The number of carboxylic acid groups (broad SMARTS) is 1. The Bertz CT molecular complexity index is 429. The van der Waals surface area contributed by atoms with Gasteiger partial charge in [-0.3, -0.25) is 9.59 Å². The normalized spacial score (nSPS) is 11.9. The van der Waals surface area contributed by atoms with Gasteiger partial charge in [0.1, 0.15) is 6.04 Å². The topological polar surface area (TPSA) is 92.4 Å². The van der Waals surface area contributed by atoms with Crippen molar-refractivity contribution in [1.82, 2.24) is 5.32 Å². The number of anilines is 1. The van der Waals surface area contributed by atoms with Crippen LogP contribution in [0, 0.1) is 6.92 Å². The van der Waals surface area contributed by atoms with Crippen LogP contribution in [0.4, 0.5) is 5.69 Å². The summed E-state index contributed by atoms with van der Waals surface area (Å²) in [6, 6.07) is 3.93. The van der Waals surface area contributed by atoms with Crippen LogP contribution in [0.2, 0.25) is 0 Å². The number of carbonyl (C=O) groups excluding carboxylic acids is 1. The van der Waals surface area contributed by atoms with E-state index in [0.29, 0.717) is 11.3 Å². The zero-order valence-corrected chi connectivity index (χ0v) is 9.15. The molecule has 5 heteroatoms. The first-order chi connectivity index (χ1) is 7.41. The van der Waals surface area contributed by atoms with Gasteiger partial charge in [0.15, 0.2) is 0 Å². The minimum atomic E-state index is -1.08. The third-order valence-electron chi connectivity index (χ3n) is 2.26. The van der Waals surface area contributed by atoms with Crippen LogP contribution in [-0.2, 0) is 4.79 Å². The summed E-state index contributed by atoms with van der Waals surface area (Å²) in [5.74, 6) is -1.52. The van der Waals surface area contributed by atoms with Crippen molar-refractivity contribution in [3.05, 3.63) is 29.3 Å². The van der Waals surface area contributed by atoms with Crippen molar-refractivity contribution < 1.29 is 14.7 Å². The molecule has 1 rings (SSSR count). The molecule has 0 spiro atoms. The molecule has 1 aromatic rings. The number of nitrogens with two attached hydrogens (primary N) is 1. The fraction of sp³-hybridized carbons (Fsp3) is 0.273. The molecule has 1 atom stereocenters. The fourth-order valence-corrected chi connectivity index (χ4v) is 1.12. The van der Waals surface area contributed by atoms with Gasteiger partial charge in [0, 0.05) is 11.3 Å². The number of rotatable bonds is 3. The maximum Gasteiger partial charge on any atom is 0.325 e. The van der Waals surface area contributed by atoms with Crippen molar-refractivity contribution in [2.24, 2.45) is 0 Å². The molecule has 5 nitrogen and oxygen atoms in total. The Hall–Kier alpha value is -2.04. The number of amides is 1. The summed E-state index contributed by atoms with van der Waals surface area (Å²) in [4.78, 5) is 22.1. The molecule has 1 amide bonds. The van der Waals surface area contributed by atoms with E-state index < -0.39 is 17.9 Å². The first-order valence-corrected chi connectivity index (χ1v) is 4.81. The van der Waals surface area contributed by atoms with Gasteiger partial charge < -0.3 is 16.2 Å². The standard InChI is InChI=1S/C11H14N2O3/c1-6-3-4-8(5-9(6)12)10(14)13-7(2)11(15)16/h3-5,7H,12H2,1-2H3,(H,13,14)(H,15,16)/t7-/m1/s1. The van der Waals surface area contributed by atoms with Gasteiger partial charge in [0.2, 0.25) is 0 Å². The summed E-state index contributed by atoms with van der Waals surface area (Å²) < 4.78 is 0. The Kier molecular flexibility index (Phi) is 3.50. The minimum absolute atomic E-state index is 0.358.